The van der Waals surface area contributed by atoms with Crippen molar-refractivity contribution in [3.63, 3.8) is 0 Å². The number of nitrogens with zero attached hydrogens (tertiary/aromatic N) is 1. The Kier molecular flexibility index (Phi) is 7.71. The summed E-state index contributed by atoms with van der Waals surface area (Å²) in [5.41, 5.74) is 0.731. The van der Waals surface area contributed by atoms with E-state index in [2.05, 4.69) is 5.32 Å². The first kappa shape index (κ1) is 20.0. The molecule has 0 saturated carbocycles. The van der Waals surface area contributed by atoms with E-state index in [1.165, 1.54) is 11.0 Å². The lowest BCUT2D eigenvalue weighted by molar-refractivity contribution is -0.137. The molecule has 0 aliphatic rings. The Morgan fingerprint density at radius 3 is 2.50 bits per heavy atom. The van der Waals surface area contributed by atoms with Gasteiger partial charge in [0.25, 0.3) is 5.91 Å². The molecule has 0 radical (unpaired) electrons. The van der Waals surface area contributed by atoms with Gasteiger partial charge in [-0.1, -0.05) is 25.4 Å². The van der Waals surface area contributed by atoms with Crippen LogP contribution in [0.4, 0.5) is 5.69 Å². The van der Waals surface area contributed by atoms with Gasteiger partial charge in [0.15, 0.2) is 0 Å². The highest BCUT2D eigenvalue weighted by Gasteiger charge is 2.19. The molecule has 0 aromatic heterocycles. The standard InChI is InChI=1S/C17H23ClN2O4/c1-4-20(8-7-16(22)23)17(24)13-10-12(5-6-14(13)18)19-15(21)9-11(2)3/h5-6,10-11H,4,7-9H2,1-3H3,(H,19,21)(H,22,23). The molecule has 1 aromatic carbocycles. The average Bonchev–Trinajstić information content (AvgIpc) is 2.48. The Balaban J connectivity index is 2.93. The van der Waals surface area contributed by atoms with Gasteiger partial charge in [0.1, 0.15) is 0 Å². The van der Waals surface area contributed by atoms with Gasteiger partial charge >= 0.3 is 5.97 Å². The number of nitrogens with one attached hydrogen (secondary N) is 1. The molecule has 1 rings (SSSR count). The number of carbonyl (C=O) groups excluding carboxylic acids is 2. The van der Waals surface area contributed by atoms with E-state index in [1.807, 2.05) is 13.8 Å². The Hall–Kier alpha value is -2.08. The maximum Gasteiger partial charge on any atom is 0.305 e. The summed E-state index contributed by atoms with van der Waals surface area (Å²) in [5, 5.41) is 11.8. The van der Waals surface area contributed by atoms with E-state index in [9.17, 15) is 14.4 Å². The second-order valence-corrected chi connectivity index (χ2v) is 6.28. The van der Waals surface area contributed by atoms with Crippen molar-refractivity contribution in [2.75, 3.05) is 18.4 Å². The van der Waals surface area contributed by atoms with Crippen LogP contribution in [0.25, 0.3) is 0 Å². The van der Waals surface area contributed by atoms with E-state index >= 15 is 0 Å². The number of anilines is 1. The van der Waals surface area contributed by atoms with Crippen molar-refractivity contribution in [2.24, 2.45) is 5.92 Å². The number of hydrogen-bond donors (Lipinski definition) is 2. The molecule has 1 aromatic rings. The molecule has 7 heteroatoms. The van der Waals surface area contributed by atoms with Crippen LogP contribution in [0.3, 0.4) is 0 Å². The Bertz CT molecular complexity index is 617. The number of carboxylic acids is 1. The lowest BCUT2D eigenvalue weighted by Crippen LogP contribution is -2.33. The van der Waals surface area contributed by atoms with Crippen molar-refractivity contribution in [3.8, 4) is 0 Å². The summed E-state index contributed by atoms with van der Waals surface area (Å²) in [6, 6.07) is 4.70. The third-order valence-electron chi connectivity index (χ3n) is 3.34. The fourth-order valence-corrected chi connectivity index (χ4v) is 2.35. The number of carbonyl (C=O) groups is 3. The minimum atomic E-state index is -0.970. The normalized spacial score (nSPS) is 10.5. The van der Waals surface area contributed by atoms with Crippen molar-refractivity contribution in [1.29, 1.82) is 0 Å². The first-order chi connectivity index (χ1) is 11.2. The van der Waals surface area contributed by atoms with Crippen molar-refractivity contribution in [3.05, 3.63) is 28.8 Å². The van der Waals surface area contributed by atoms with Gasteiger partial charge < -0.3 is 15.3 Å². The maximum atomic E-state index is 12.6. The Morgan fingerprint density at radius 2 is 1.96 bits per heavy atom. The summed E-state index contributed by atoms with van der Waals surface area (Å²) in [6.45, 7) is 6.12. The van der Waals surface area contributed by atoms with Crippen LogP contribution >= 0.6 is 11.6 Å². The quantitative estimate of drug-likeness (QED) is 0.750. The number of aliphatic carboxylic acids is 1. The van der Waals surface area contributed by atoms with E-state index < -0.39 is 5.97 Å². The molecular formula is C17H23ClN2O4. The highest BCUT2D eigenvalue weighted by Crippen LogP contribution is 2.23. The molecule has 0 spiro atoms. The third-order valence-corrected chi connectivity index (χ3v) is 3.67. The number of amides is 2. The summed E-state index contributed by atoms with van der Waals surface area (Å²) in [7, 11) is 0. The highest BCUT2D eigenvalue weighted by atomic mass is 35.5. The first-order valence-corrected chi connectivity index (χ1v) is 8.22. The molecule has 2 N–H and O–H groups in total. The van der Waals surface area contributed by atoms with Crippen LogP contribution in [0, 0.1) is 5.92 Å². The summed E-state index contributed by atoms with van der Waals surface area (Å²) in [6.07, 6.45) is 0.244. The largest absolute Gasteiger partial charge is 0.481 e. The Labute approximate surface area is 146 Å². The SMILES string of the molecule is CCN(CCC(=O)O)C(=O)c1cc(NC(=O)CC(C)C)ccc1Cl. The second kappa shape index (κ2) is 9.27. The number of rotatable bonds is 8. The molecule has 24 heavy (non-hydrogen) atoms. The van der Waals surface area contributed by atoms with Crippen molar-refractivity contribution < 1.29 is 19.5 Å². The monoisotopic (exact) mass is 354 g/mol. The van der Waals surface area contributed by atoms with Crippen LogP contribution in [0.15, 0.2) is 18.2 Å². The highest BCUT2D eigenvalue weighted by molar-refractivity contribution is 6.34. The zero-order chi connectivity index (χ0) is 18.3. The van der Waals surface area contributed by atoms with Gasteiger partial charge in [0, 0.05) is 25.2 Å². The van der Waals surface area contributed by atoms with E-state index in [1.54, 1.807) is 19.1 Å². The average molecular weight is 355 g/mol. The van der Waals surface area contributed by atoms with Crippen LogP contribution < -0.4 is 5.32 Å². The second-order valence-electron chi connectivity index (χ2n) is 5.87. The number of hydrogen-bond acceptors (Lipinski definition) is 3. The van der Waals surface area contributed by atoms with E-state index in [0.717, 1.165) is 0 Å². The molecule has 0 aliphatic heterocycles. The van der Waals surface area contributed by atoms with E-state index in [0.29, 0.717) is 18.7 Å². The minimum Gasteiger partial charge on any atom is -0.481 e. The smallest absolute Gasteiger partial charge is 0.305 e. The van der Waals surface area contributed by atoms with Gasteiger partial charge in [-0.2, -0.15) is 0 Å². The first-order valence-electron chi connectivity index (χ1n) is 7.85. The molecule has 2 amide bonds. The summed E-state index contributed by atoms with van der Waals surface area (Å²) < 4.78 is 0. The summed E-state index contributed by atoms with van der Waals surface area (Å²) in [5.74, 6) is -1.24. The molecule has 0 saturated heterocycles. The lowest BCUT2D eigenvalue weighted by Gasteiger charge is -2.21. The molecule has 0 atom stereocenters. The number of benzene rings is 1. The third kappa shape index (κ3) is 6.20. The van der Waals surface area contributed by atoms with Gasteiger partial charge in [-0.25, -0.2) is 0 Å². The van der Waals surface area contributed by atoms with Crippen molar-refractivity contribution >= 4 is 35.1 Å². The van der Waals surface area contributed by atoms with Crippen LogP contribution in [-0.4, -0.2) is 40.9 Å². The van der Waals surface area contributed by atoms with Gasteiger partial charge in [0.05, 0.1) is 17.0 Å². The van der Waals surface area contributed by atoms with E-state index in [4.69, 9.17) is 16.7 Å². The Morgan fingerprint density at radius 1 is 1.29 bits per heavy atom. The summed E-state index contributed by atoms with van der Waals surface area (Å²) in [4.78, 5) is 36.5. The van der Waals surface area contributed by atoms with Crippen molar-refractivity contribution in [1.82, 2.24) is 4.90 Å². The summed E-state index contributed by atoms with van der Waals surface area (Å²) >= 11 is 6.10. The van der Waals surface area contributed by atoms with Crippen LogP contribution in [0.5, 0.6) is 0 Å². The fourth-order valence-electron chi connectivity index (χ4n) is 2.15. The molecular weight excluding hydrogens is 332 g/mol. The van der Waals surface area contributed by atoms with Crippen LogP contribution in [0.2, 0.25) is 5.02 Å². The molecule has 6 nitrogen and oxygen atoms in total. The molecule has 132 valence electrons. The number of carboxylic acid groups (broad SMARTS) is 1. The van der Waals surface area contributed by atoms with Crippen LogP contribution in [-0.2, 0) is 9.59 Å². The lowest BCUT2D eigenvalue weighted by atomic mass is 10.1. The molecule has 0 fully saturated rings. The molecule has 0 heterocycles. The zero-order valence-electron chi connectivity index (χ0n) is 14.1. The zero-order valence-corrected chi connectivity index (χ0v) is 14.9. The van der Waals surface area contributed by atoms with Gasteiger partial charge in [-0.15, -0.1) is 0 Å². The number of halogens is 1. The van der Waals surface area contributed by atoms with E-state index in [-0.39, 0.29) is 41.3 Å². The molecule has 0 unspecified atom stereocenters. The molecule has 0 aliphatic carbocycles. The van der Waals surface area contributed by atoms with Gasteiger partial charge in [-0.05, 0) is 31.0 Å². The van der Waals surface area contributed by atoms with Crippen LogP contribution in [0.1, 0.15) is 44.0 Å². The van der Waals surface area contributed by atoms with Gasteiger partial charge in [-0.3, -0.25) is 14.4 Å². The predicted molar refractivity (Wildman–Crippen MR) is 93.4 cm³/mol. The maximum absolute atomic E-state index is 12.6. The predicted octanol–water partition coefficient (Wildman–Crippen LogP) is 3.26. The molecule has 0 bridgehead atoms. The van der Waals surface area contributed by atoms with Gasteiger partial charge in [0.2, 0.25) is 5.91 Å². The minimum absolute atomic E-state index is 0.102. The topological polar surface area (TPSA) is 86.7 Å². The fraction of sp³-hybridized carbons (Fsp3) is 0.471. The van der Waals surface area contributed by atoms with Crippen molar-refractivity contribution in [2.45, 2.75) is 33.6 Å².